The number of carbonyl (C=O) groups excluding carboxylic acids is 1. The highest BCUT2D eigenvalue weighted by molar-refractivity contribution is 8.19. The zero-order valence-corrected chi connectivity index (χ0v) is 12.9. The summed E-state index contributed by atoms with van der Waals surface area (Å²) in [5.41, 5.74) is 1.76. The maximum absolute atomic E-state index is 12.2. The number of amides is 1. The Morgan fingerprint density at radius 1 is 1.25 bits per heavy atom. The molecule has 4 nitrogen and oxygen atoms in total. The minimum atomic E-state index is -0.990. The molecule has 1 aliphatic rings. The summed E-state index contributed by atoms with van der Waals surface area (Å²) < 4.78 is 0.459. The van der Waals surface area contributed by atoms with E-state index in [1.54, 1.807) is 19.1 Å². The number of hydrogen-bond donors (Lipinski definition) is 1. The minimum absolute atomic E-state index is 0.229. The average molecular weight is 311 g/mol. The van der Waals surface area contributed by atoms with Crippen molar-refractivity contribution in [2.24, 2.45) is 0 Å². The number of hydrogen-bond acceptors (Lipinski definition) is 4. The predicted octanol–water partition coefficient (Wildman–Crippen LogP) is 2.71. The SMILES string of the molecule is CCN(CC(=O)O)C(=O)c1ccc(C2SCCS2)cc1. The molecule has 1 aliphatic heterocycles. The lowest BCUT2D eigenvalue weighted by Gasteiger charge is -2.19. The van der Waals surface area contributed by atoms with Crippen molar-refractivity contribution < 1.29 is 14.7 Å². The highest BCUT2D eigenvalue weighted by Crippen LogP contribution is 2.45. The Kier molecular flexibility index (Phi) is 5.37. The highest BCUT2D eigenvalue weighted by atomic mass is 32.2. The van der Waals surface area contributed by atoms with E-state index in [1.165, 1.54) is 10.5 Å². The summed E-state index contributed by atoms with van der Waals surface area (Å²) >= 11 is 3.84. The van der Waals surface area contributed by atoms with Gasteiger partial charge in [0.15, 0.2) is 0 Å². The van der Waals surface area contributed by atoms with E-state index in [0.717, 1.165) is 11.5 Å². The molecule has 20 heavy (non-hydrogen) atoms. The molecule has 0 atom stereocenters. The van der Waals surface area contributed by atoms with Crippen LogP contribution in [-0.2, 0) is 4.79 Å². The van der Waals surface area contributed by atoms with E-state index in [0.29, 0.717) is 16.7 Å². The Morgan fingerprint density at radius 3 is 2.35 bits per heavy atom. The Morgan fingerprint density at radius 2 is 1.85 bits per heavy atom. The quantitative estimate of drug-likeness (QED) is 0.906. The van der Waals surface area contributed by atoms with Gasteiger partial charge < -0.3 is 10.0 Å². The van der Waals surface area contributed by atoms with Crippen LogP contribution in [0.3, 0.4) is 0 Å². The third-order valence-corrected chi connectivity index (χ3v) is 6.15. The summed E-state index contributed by atoms with van der Waals surface area (Å²) in [5, 5.41) is 8.80. The van der Waals surface area contributed by atoms with Crippen molar-refractivity contribution in [3.05, 3.63) is 35.4 Å². The number of rotatable bonds is 5. The van der Waals surface area contributed by atoms with Gasteiger partial charge in [0.05, 0.1) is 4.58 Å². The number of nitrogens with zero attached hydrogens (tertiary/aromatic N) is 1. The molecule has 0 radical (unpaired) electrons. The second-order valence-electron chi connectivity index (χ2n) is 4.41. The number of thioether (sulfide) groups is 2. The highest BCUT2D eigenvalue weighted by Gasteiger charge is 2.20. The van der Waals surface area contributed by atoms with Crippen LogP contribution in [0.5, 0.6) is 0 Å². The van der Waals surface area contributed by atoms with Crippen molar-refractivity contribution >= 4 is 35.4 Å². The summed E-state index contributed by atoms with van der Waals surface area (Å²) in [6, 6.07) is 7.53. The molecule has 2 rings (SSSR count). The Hall–Kier alpha value is -1.14. The van der Waals surface area contributed by atoms with Gasteiger partial charge in [0.1, 0.15) is 6.54 Å². The zero-order valence-electron chi connectivity index (χ0n) is 11.2. The second kappa shape index (κ2) is 7.04. The lowest BCUT2D eigenvalue weighted by Crippen LogP contribution is -2.35. The van der Waals surface area contributed by atoms with Gasteiger partial charge in [-0.05, 0) is 24.6 Å². The molecule has 0 spiro atoms. The monoisotopic (exact) mass is 311 g/mol. The van der Waals surface area contributed by atoms with Crippen LogP contribution in [0, 0.1) is 0 Å². The van der Waals surface area contributed by atoms with Gasteiger partial charge in [-0.25, -0.2) is 0 Å². The van der Waals surface area contributed by atoms with Gasteiger partial charge in [0, 0.05) is 23.6 Å². The molecule has 1 fully saturated rings. The molecule has 1 amide bonds. The van der Waals surface area contributed by atoms with Crippen LogP contribution in [0.15, 0.2) is 24.3 Å². The molecular formula is C14H17NO3S2. The zero-order chi connectivity index (χ0) is 14.5. The predicted molar refractivity (Wildman–Crippen MR) is 83.3 cm³/mol. The second-order valence-corrected chi connectivity index (χ2v) is 7.13. The van der Waals surface area contributed by atoms with Crippen LogP contribution < -0.4 is 0 Å². The van der Waals surface area contributed by atoms with Crippen LogP contribution in [0.1, 0.15) is 27.4 Å². The molecule has 0 aromatic heterocycles. The third kappa shape index (κ3) is 3.70. The normalized spacial score (nSPS) is 15.2. The van der Waals surface area contributed by atoms with Crippen LogP contribution in [0.2, 0.25) is 0 Å². The largest absolute Gasteiger partial charge is 0.480 e. The lowest BCUT2D eigenvalue weighted by atomic mass is 10.1. The summed E-state index contributed by atoms with van der Waals surface area (Å²) in [5.74, 6) is 1.11. The fourth-order valence-electron chi connectivity index (χ4n) is 2.01. The first kappa shape index (κ1) is 15.3. The van der Waals surface area contributed by atoms with Crippen LogP contribution in [0.4, 0.5) is 0 Å². The Bertz CT molecular complexity index is 484. The van der Waals surface area contributed by atoms with Crippen LogP contribution in [0.25, 0.3) is 0 Å². The third-order valence-electron chi connectivity index (χ3n) is 3.05. The maximum atomic E-state index is 12.2. The van der Waals surface area contributed by atoms with Gasteiger partial charge in [-0.15, -0.1) is 23.5 Å². The first-order valence-electron chi connectivity index (χ1n) is 6.46. The fourth-order valence-corrected chi connectivity index (χ4v) is 4.87. The molecule has 0 aliphatic carbocycles. The number of aliphatic carboxylic acids is 1. The van der Waals surface area contributed by atoms with Gasteiger partial charge in [0.2, 0.25) is 0 Å². The molecule has 6 heteroatoms. The molecule has 1 saturated heterocycles. The number of benzene rings is 1. The van der Waals surface area contributed by atoms with E-state index in [9.17, 15) is 9.59 Å². The summed E-state index contributed by atoms with van der Waals surface area (Å²) in [7, 11) is 0. The molecule has 0 unspecified atom stereocenters. The lowest BCUT2D eigenvalue weighted by molar-refractivity contribution is -0.137. The number of carbonyl (C=O) groups is 2. The van der Waals surface area contributed by atoms with E-state index < -0.39 is 5.97 Å². The van der Waals surface area contributed by atoms with E-state index in [2.05, 4.69) is 0 Å². The summed E-state index contributed by atoms with van der Waals surface area (Å²) in [4.78, 5) is 24.3. The smallest absolute Gasteiger partial charge is 0.323 e. The van der Waals surface area contributed by atoms with Gasteiger partial charge in [0.25, 0.3) is 5.91 Å². The summed E-state index contributed by atoms with van der Waals surface area (Å²) in [6.45, 7) is 1.91. The van der Waals surface area contributed by atoms with Gasteiger partial charge in [-0.2, -0.15) is 0 Å². The van der Waals surface area contributed by atoms with Gasteiger partial charge >= 0.3 is 5.97 Å². The van der Waals surface area contributed by atoms with Crippen molar-refractivity contribution in [1.82, 2.24) is 4.90 Å². The standard InChI is InChI=1S/C14H17NO3S2/c1-2-15(9-12(16)17)13(18)10-3-5-11(6-4-10)14-19-7-8-20-14/h3-6,14H,2,7-9H2,1H3,(H,16,17). The van der Waals surface area contributed by atoms with Gasteiger partial charge in [-0.1, -0.05) is 12.1 Å². The van der Waals surface area contributed by atoms with Crippen molar-refractivity contribution in [2.75, 3.05) is 24.6 Å². The van der Waals surface area contributed by atoms with Crippen LogP contribution in [-0.4, -0.2) is 46.5 Å². The number of likely N-dealkylation sites (N-methyl/N-ethyl adjacent to an activating group) is 1. The topological polar surface area (TPSA) is 57.6 Å². The van der Waals surface area contributed by atoms with Crippen molar-refractivity contribution in [3.63, 3.8) is 0 Å². The van der Waals surface area contributed by atoms with Crippen molar-refractivity contribution in [1.29, 1.82) is 0 Å². The molecule has 0 bridgehead atoms. The molecule has 1 aromatic carbocycles. The molecule has 1 heterocycles. The Labute approximate surface area is 126 Å². The molecule has 1 N–H and O–H groups in total. The van der Waals surface area contributed by atoms with Crippen molar-refractivity contribution in [3.8, 4) is 0 Å². The first-order valence-corrected chi connectivity index (χ1v) is 8.55. The average Bonchev–Trinajstić information content (AvgIpc) is 2.98. The van der Waals surface area contributed by atoms with E-state index in [1.807, 2.05) is 35.7 Å². The molecule has 0 saturated carbocycles. The van der Waals surface area contributed by atoms with Gasteiger partial charge in [-0.3, -0.25) is 9.59 Å². The Balaban J connectivity index is 2.08. The molecule has 1 aromatic rings. The molecule has 108 valence electrons. The summed E-state index contributed by atoms with van der Waals surface area (Å²) in [6.07, 6.45) is 0. The fraction of sp³-hybridized carbons (Fsp3) is 0.429. The molecular weight excluding hydrogens is 294 g/mol. The first-order chi connectivity index (χ1) is 9.61. The number of carboxylic acid groups (broad SMARTS) is 1. The van der Waals surface area contributed by atoms with Crippen molar-refractivity contribution in [2.45, 2.75) is 11.5 Å². The van der Waals surface area contributed by atoms with E-state index >= 15 is 0 Å². The number of carboxylic acids is 1. The van der Waals surface area contributed by atoms with E-state index in [-0.39, 0.29) is 12.5 Å². The van der Waals surface area contributed by atoms with Crippen LogP contribution >= 0.6 is 23.5 Å². The maximum Gasteiger partial charge on any atom is 0.323 e. The minimum Gasteiger partial charge on any atom is -0.480 e. The van der Waals surface area contributed by atoms with E-state index in [4.69, 9.17) is 5.11 Å².